The Bertz CT molecular complexity index is 1980. The van der Waals surface area contributed by atoms with E-state index in [1.165, 1.54) is 16.6 Å². The molecule has 0 saturated heterocycles. The van der Waals surface area contributed by atoms with Gasteiger partial charge in [-0.1, -0.05) is 62.4 Å². The number of rotatable bonds is 3. The Hall–Kier alpha value is -4.57. The molecule has 210 valence electrons. The van der Waals surface area contributed by atoms with Crippen LogP contribution in [0.5, 0.6) is 0 Å². The summed E-state index contributed by atoms with van der Waals surface area (Å²) in [5.74, 6) is 0.520. The average molecular weight is 735 g/mol. The van der Waals surface area contributed by atoms with Crippen LogP contribution in [0.3, 0.4) is 0 Å². The second kappa shape index (κ2) is 12.0. The van der Waals surface area contributed by atoms with Crippen LogP contribution in [0.1, 0.15) is 25.3 Å². The van der Waals surface area contributed by atoms with Crippen molar-refractivity contribution in [2.24, 2.45) is 0 Å². The van der Waals surface area contributed by atoms with E-state index in [0.717, 1.165) is 44.7 Å². The van der Waals surface area contributed by atoms with Crippen LogP contribution in [-0.4, -0.2) is 16.6 Å². The second-order valence-corrected chi connectivity index (χ2v) is 10.8. The molecule has 0 N–H and O–H groups in total. The molecule has 0 atom stereocenters. The van der Waals surface area contributed by atoms with Crippen LogP contribution < -0.4 is 9.47 Å². The first-order chi connectivity index (χ1) is 20.6. The van der Waals surface area contributed by atoms with E-state index >= 15 is 0 Å². The number of hydrogen-bond donors (Lipinski definition) is 0. The van der Waals surface area contributed by atoms with Gasteiger partial charge in [0, 0.05) is 24.6 Å². The average Bonchev–Trinajstić information content (AvgIpc) is 3.45. The van der Waals surface area contributed by atoms with Crippen molar-refractivity contribution in [1.29, 1.82) is 0 Å². The minimum absolute atomic E-state index is 0. The van der Waals surface area contributed by atoms with Crippen molar-refractivity contribution < 1.29 is 24.7 Å². The predicted molar refractivity (Wildman–Crippen MR) is 171 cm³/mol. The molecule has 2 aromatic heterocycles. The van der Waals surface area contributed by atoms with E-state index in [-0.39, 0.29) is 20.1 Å². The van der Waals surface area contributed by atoms with E-state index in [4.69, 9.17) is 0 Å². The summed E-state index contributed by atoms with van der Waals surface area (Å²) in [6.07, 6.45) is 5.40. The van der Waals surface area contributed by atoms with Gasteiger partial charge in [-0.3, -0.25) is 4.57 Å². The van der Waals surface area contributed by atoms with Gasteiger partial charge in [0.15, 0.2) is 0 Å². The SMILES string of the molecule is CC(C)c1ccc(-n2[c-][n+]3c4c(cccc42)N(C)c2cc4ccccc4[c-]c2-3)cc1.[Ir+3].[c-]1ccccc1-c1ccccn1. The molecule has 8 rings (SSSR count). The number of benzene rings is 5. The molecule has 0 spiro atoms. The van der Waals surface area contributed by atoms with Crippen molar-refractivity contribution in [3.63, 3.8) is 0 Å². The molecule has 43 heavy (non-hydrogen) atoms. The van der Waals surface area contributed by atoms with Gasteiger partial charge >= 0.3 is 20.1 Å². The van der Waals surface area contributed by atoms with E-state index in [1.54, 1.807) is 6.20 Å². The largest absolute Gasteiger partial charge is 3.00 e. The maximum atomic E-state index is 4.22. The number of imidazole rings is 1. The van der Waals surface area contributed by atoms with E-state index < -0.39 is 0 Å². The summed E-state index contributed by atoms with van der Waals surface area (Å²) in [5, 5.41) is 2.31. The maximum absolute atomic E-state index is 4.22. The molecule has 0 radical (unpaired) electrons. The van der Waals surface area contributed by atoms with Gasteiger partial charge in [0.25, 0.3) is 6.33 Å². The number of para-hydroxylation sites is 1. The quantitative estimate of drug-likeness (QED) is 0.135. The summed E-state index contributed by atoms with van der Waals surface area (Å²) in [6, 6.07) is 46.4. The summed E-state index contributed by atoms with van der Waals surface area (Å²) in [4.78, 5) is 6.48. The molecule has 1 aliphatic heterocycles. The Labute approximate surface area is 266 Å². The van der Waals surface area contributed by atoms with Crippen molar-refractivity contribution in [2.75, 3.05) is 11.9 Å². The zero-order chi connectivity index (χ0) is 28.6. The van der Waals surface area contributed by atoms with Crippen molar-refractivity contribution in [3.8, 4) is 22.6 Å². The van der Waals surface area contributed by atoms with Crippen molar-refractivity contribution in [1.82, 2.24) is 9.55 Å². The van der Waals surface area contributed by atoms with Crippen molar-refractivity contribution in [3.05, 3.63) is 145 Å². The summed E-state index contributed by atoms with van der Waals surface area (Å²) in [7, 11) is 2.13. The molecule has 0 fully saturated rings. The first kappa shape index (κ1) is 28.5. The number of nitrogens with zero attached hydrogens (tertiary/aromatic N) is 4. The third-order valence-electron chi connectivity index (χ3n) is 7.82. The first-order valence-corrected chi connectivity index (χ1v) is 14.2. The molecule has 5 heteroatoms. The van der Waals surface area contributed by atoms with Gasteiger partial charge in [-0.15, -0.1) is 70.9 Å². The zero-order valence-electron chi connectivity index (χ0n) is 24.2. The van der Waals surface area contributed by atoms with Crippen LogP contribution in [0.25, 0.3) is 44.4 Å². The fraction of sp³-hybridized carbons (Fsp3) is 0.105. The molecule has 0 unspecified atom stereocenters. The molecule has 3 heterocycles. The third kappa shape index (κ3) is 5.27. The molecule has 0 amide bonds. The topological polar surface area (TPSA) is 24.9 Å². The fourth-order valence-electron chi connectivity index (χ4n) is 5.55. The molecule has 1 aliphatic rings. The number of aromatic nitrogens is 3. The molecular formula is C38H30IrN4+. The Morgan fingerprint density at radius 1 is 0.791 bits per heavy atom. The number of pyridine rings is 1. The van der Waals surface area contributed by atoms with Gasteiger partial charge in [0.2, 0.25) is 0 Å². The number of fused-ring (bicyclic) bond motifs is 3. The Kier molecular flexibility index (Phi) is 7.94. The Morgan fingerprint density at radius 2 is 1.58 bits per heavy atom. The third-order valence-corrected chi connectivity index (χ3v) is 7.82. The maximum Gasteiger partial charge on any atom is 3.00 e. The van der Waals surface area contributed by atoms with Crippen molar-refractivity contribution >= 4 is 33.2 Å². The van der Waals surface area contributed by atoms with E-state index in [2.05, 4.69) is 131 Å². The van der Waals surface area contributed by atoms with Crippen LogP contribution >= 0.6 is 0 Å². The molecular weight excluding hydrogens is 705 g/mol. The second-order valence-electron chi connectivity index (χ2n) is 10.8. The summed E-state index contributed by atoms with van der Waals surface area (Å²) >= 11 is 0. The van der Waals surface area contributed by atoms with E-state index in [9.17, 15) is 0 Å². The molecule has 7 aromatic rings. The minimum Gasteiger partial charge on any atom is -0.390 e. The van der Waals surface area contributed by atoms with E-state index in [0.29, 0.717) is 5.92 Å². The van der Waals surface area contributed by atoms with Crippen molar-refractivity contribution in [2.45, 2.75) is 19.8 Å². The van der Waals surface area contributed by atoms with Crippen LogP contribution in [0.2, 0.25) is 0 Å². The van der Waals surface area contributed by atoms with Gasteiger partial charge in [0.05, 0.1) is 11.2 Å². The van der Waals surface area contributed by atoms with Crippen LogP contribution in [0.15, 0.2) is 121 Å². The normalized spacial score (nSPS) is 11.6. The van der Waals surface area contributed by atoms with Gasteiger partial charge < -0.3 is 14.5 Å². The van der Waals surface area contributed by atoms with Crippen LogP contribution in [0, 0.1) is 18.5 Å². The fourth-order valence-corrected chi connectivity index (χ4v) is 5.55. The van der Waals surface area contributed by atoms with E-state index in [1.807, 2.05) is 42.5 Å². The molecule has 5 aromatic carbocycles. The summed E-state index contributed by atoms with van der Waals surface area (Å²) < 4.78 is 4.33. The first-order valence-electron chi connectivity index (χ1n) is 14.2. The molecule has 0 bridgehead atoms. The minimum atomic E-state index is 0. The van der Waals surface area contributed by atoms with Gasteiger partial charge in [-0.05, 0) is 47.1 Å². The predicted octanol–water partition coefficient (Wildman–Crippen LogP) is 8.41. The Morgan fingerprint density at radius 3 is 2.33 bits per heavy atom. The molecule has 0 aliphatic carbocycles. The summed E-state index contributed by atoms with van der Waals surface area (Å²) in [5.41, 5.74) is 10.1. The zero-order valence-corrected chi connectivity index (χ0v) is 26.6. The molecule has 4 nitrogen and oxygen atoms in total. The number of hydrogen-bond acceptors (Lipinski definition) is 2. The molecule has 0 saturated carbocycles. The Balaban J connectivity index is 0.000000213. The smallest absolute Gasteiger partial charge is 0.390 e. The standard InChI is InChI=1S/C27H22N3.C11H8N.Ir/c1-18(2)19-11-13-22(14-12-19)29-17-30-26-16-21-8-5-4-7-20(21)15-25(26)28(3)23-9-6-10-24(29)27(23)30;1-2-6-10(7-3-1)11-8-4-5-9-12-11;/h4-15,18H,1-3H3;1-6,8-9H;/q2*-1;+3. The van der Waals surface area contributed by atoms with Crippen LogP contribution in [-0.2, 0) is 20.1 Å². The monoisotopic (exact) mass is 735 g/mol. The van der Waals surface area contributed by atoms with Gasteiger partial charge in [-0.25, -0.2) is 0 Å². The number of anilines is 2. The van der Waals surface area contributed by atoms with Crippen LogP contribution in [0.4, 0.5) is 11.4 Å². The summed E-state index contributed by atoms with van der Waals surface area (Å²) in [6.45, 7) is 4.45. The van der Waals surface area contributed by atoms with Gasteiger partial charge in [-0.2, -0.15) is 0 Å². The van der Waals surface area contributed by atoms with Gasteiger partial charge in [0.1, 0.15) is 5.52 Å².